The van der Waals surface area contributed by atoms with Gasteiger partial charge in [0.05, 0.1) is 10.6 Å². The van der Waals surface area contributed by atoms with Gasteiger partial charge in [-0.25, -0.2) is 8.42 Å². The molecule has 164 valence electrons. The van der Waals surface area contributed by atoms with Crippen molar-refractivity contribution in [1.82, 2.24) is 9.21 Å². The van der Waals surface area contributed by atoms with Crippen LogP contribution in [0.15, 0.2) is 23.1 Å². The predicted molar refractivity (Wildman–Crippen MR) is 112 cm³/mol. The second kappa shape index (κ2) is 8.55. The molecule has 2 amide bonds. The summed E-state index contributed by atoms with van der Waals surface area (Å²) in [6.45, 7) is 0.560. The molecule has 1 aliphatic carbocycles. The van der Waals surface area contributed by atoms with Crippen LogP contribution in [0.25, 0.3) is 0 Å². The van der Waals surface area contributed by atoms with E-state index in [1.54, 1.807) is 6.07 Å². The Morgan fingerprint density at radius 2 is 1.83 bits per heavy atom. The molecule has 0 atom stereocenters. The lowest BCUT2D eigenvalue weighted by Gasteiger charge is -2.36. The second-order valence-electron chi connectivity index (χ2n) is 8.41. The SMILES string of the molecule is CN(C(=O)C1CCN(S(=O)(=O)c2ccc3c(c2)NC(=O)CO3)CC1)C1CCCCC1. The molecule has 3 aliphatic rings. The van der Waals surface area contributed by atoms with E-state index in [0.717, 1.165) is 12.8 Å². The summed E-state index contributed by atoms with van der Waals surface area (Å²) in [4.78, 5) is 26.5. The maximum atomic E-state index is 13.1. The van der Waals surface area contributed by atoms with E-state index in [2.05, 4.69) is 5.32 Å². The van der Waals surface area contributed by atoms with Crippen LogP contribution in [0.5, 0.6) is 5.75 Å². The number of rotatable bonds is 4. The van der Waals surface area contributed by atoms with Gasteiger partial charge >= 0.3 is 0 Å². The molecule has 1 N–H and O–H groups in total. The molecular weight excluding hydrogens is 406 g/mol. The number of hydrogen-bond acceptors (Lipinski definition) is 5. The van der Waals surface area contributed by atoms with Crippen LogP contribution in [-0.2, 0) is 19.6 Å². The third-order valence-electron chi connectivity index (χ3n) is 6.49. The highest BCUT2D eigenvalue weighted by Crippen LogP contribution is 2.33. The number of carbonyl (C=O) groups excluding carboxylic acids is 2. The van der Waals surface area contributed by atoms with Crippen LogP contribution < -0.4 is 10.1 Å². The maximum Gasteiger partial charge on any atom is 0.262 e. The number of ether oxygens (including phenoxy) is 1. The van der Waals surface area contributed by atoms with E-state index in [4.69, 9.17) is 4.74 Å². The highest BCUT2D eigenvalue weighted by molar-refractivity contribution is 7.89. The fourth-order valence-electron chi connectivity index (χ4n) is 4.65. The predicted octanol–water partition coefficient (Wildman–Crippen LogP) is 2.21. The van der Waals surface area contributed by atoms with Gasteiger partial charge in [-0.1, -0.05) is 19.3 Å². The van der Waals surface area contributed by atoms with E-state index >= 15 is 0 Å². The Morgan fingerprint density at radius 1 is 1.13 bits per heavy atom. The Hall–Kier alpha value is -2.13. The third kappa shape index (κ3) is 4.18. The minimum Gasteiger partial charge on any atom is -0.482 e. The average molecular weight is 436 g/mol. The molecule has 2 heterocycles. The van der Waals surface area contributed by atoms with Crippen molar-refractivity contribution in [1.29, 1.82) is 0 Å². The summed E-state index contributed by atoms with van der Waals surface area (Å²) in [5.41, 5.74) is 0.367. The van der Waals surface area contributed by atoms with Gasteiger partial charge < -0.3 is 15.0 Å². The Balaban J connectivity index is 1.40. The Bertz CT molecular complexity index is 919. The first-order valence-electron chi connectivity index (χ1n) is 10.7. The molecule has 0 bridgehead atoms. The molecule has 2 aliphatic heterocycles. The van der Waals surface area contributed by atoms with Crippen LogP contribution in [0.1, 0.15) is 44.9 Å². The molecule has 1 saturated carbocycles. The van der Waals surface area contributed by atoms with Gasteiger partial charge in [0.25, 0.3) is 5.91 Å². The smallest absolute Gasteiger partial charge is 0.262 e. The molecule has 1 aromatic carbocycles. The molecule has 30 heavy (non-hydrogen) atoms. The number of hydrogen-bond donors (Lipinski definition) is 1. The number of carbonyl (C=O) groups is 2. The number of nitrogens with zero attached hydrogens (tertiary/aromatic N) is 2. The van der Waals surface area contributed by atoms with Gasteiger partial charge in [0.2, 0.25) is 15.9 Å². The second-order valence-corrected chi connectivity index (χ2v) is 10.4. The van der Waals surface area contributed by atoms with Crippen LogP contribution in [0, 0.1) is 5.92 Å². The number of piperidine rings is 1. The first kappa shape index (κ1) is 21.1. The lowest BCUT2D eigenvalue weighted by atomic mass is 9.91. The normalized spacial score (nSPS) is 21.4. The van der Waals surface area contributed by atoms with Crippen molar-refractivity contribution in [2.24, 2.45) is 5.92 Å². The van der Waals surface area contributed by atoms with Gasteiger partial charge in [-0.05, 0) is 43.9 Å². The van der Waals surface area contributed by atoms with E-state index in [9.17, 15) is 18.0 Å². The Labute approximate surface area is 177 Å². The highest BCUT2D eigenvalue weighted by Gasteiger charge is 2.35. The van der Waals surface area contributed by atoms with Crippen molar-refractivity contribution in [3.63, 3.8) is 0 Å². The quantitative estimate of drug-likeness (QED) is 0.782. The van der Waals surface area contributed by atoms with E-state index in [0.29, 0.717) is 43.4 Å². The number of fused-ring (bicyclic) bond motifs is 1. The van der Waals surface area contributed by atoms with Crippen LogP contribution in [0.2, 0.25) is 0 Å². The third-order valence-corrected chi connectivity index (χ3v) is 8.39. The van der Waals surface area contributed by atoms with Gasteiger partial charge in [-0.15, -0.1) is 0 Å². The lowest BCUT2D eigenvalue weighted by Crippen LogP contribution is -2.46. The van der Waals surface area contributed by atoms with Crippen LogP contribution in [0.3, 0.4) is 0 Å². The zero-order valence-corrected chi connectivity index (χ0v) is 18.1. The number of anilines is 1. The lowest BCUT2D eigenvalue weighted by molar-refractivity contribution is -0.138. The van der Waals surface area contributed by atoms with Crippen LogP contribution in [-0.4, -0.2) is 62.2 Å². The molecule has 0 spiro atoms. The van der Waals surface area contributed by atoms with E-state index in [1.807, 2.05) is 11.9 Å². The zero-order valence-electron chi connectivity index (χ0n) is 17.3. The number of nitrogens with one attached hydrogen (secondary N) is 1. The molecule has 4 rings (SSSR count). The maximum absolute atomic E-state index is 13.1. The van der Waals surface area contributed by atoms with E-state index in [1.165, 1.54) is 35.7 Å². The van der Waals surface area contributed by atoms with Crippen molar-refractivity contribution < 1.29 is 22.7 Å². The fraction of sp³-hybridized carbons (Fsp3) is 0.619. The van der Waals surface area contributed by atoms with Gasteiger partial charge in [-0.2, -0.15) is 4.31 Å². The van der Waals surface area contributed by atoms with Crippen LogP contribution >= 0.6 is 0 Å². The molecule has 0 radical (unpaired) electrons. The number of sulfonamides is 1. The summed E-state index contributed by atoms with van der Waals surface area (Å²) >= 11 is 0. The monoisotopic (exact) mass is 435 g/mol. The first-order chi connectivity index (χ1) is 14.4. The molecule has 0 unspecified atom stereocenters. The van der Waals surface area contributed by atoms with Crippen molar-refractivity contribution in [3.05, 3.63) is 18.2 Å². The van der Waals surface area contributed by atoms with Crippen molar-refractivity contribution in [2.45, 2.75) is 55.9 Å². The summed E-state index contributed by atoms with van der Waals surface area (Å²) < 4.78 is 32.9. The summed E-state index contributed by atoms with van der Waals surface area (Å²) in [7, 11) is -1.81. The number of amides is 2. The van der Waals surface area contributed by atoms with Crippen molar-refractivity contribution >= 4 is 27.5 Å². The largest absolute Gasteiger partial charge is 0.482 e. The summed E-state index contributed by atoms with van der Waals surface area (Å²) in [6.07, 6.45) is 6.77. The average Bonchev–Trinajstić information content (AvgIpc) is 2.78. The topological polar surface area (TPSA) is 96.0 Å². The highest BCUT2D eigenvalue weighted by atomic mass is 32.2. The van der Waals surface area contributed by atoms with Crippen LogP contribution in [0.4, 0.5) is 5.69 Å². The van der Waals surface area contributed by atoms with E-state index < -0.39 is 10.0 Å². The Morgan fingerprint density at radius 3 is 2.53 bits per heavy atom. The molecule has 0 aromatic heterocycles. The minimum atomic E-state index is -3.70. The van der Waals surface area contributed by atoms with Gasteiger partial charge in [0.1, 0.15) is 5.75 Å². The van der Waals surface area contributed by atoms with Gasteiger partial charge in [0, 0.05) is 32.1 Å². The molecule has 9 heteroatoms. The number of benzene rings is 1. The summed E-state index contributed by atoms with van der Waals surface area (Å²) in [6, 6.07) is 4.83. The zero-order chi connectivity index (χ0) is 21.3. The Kier molecular flexibility index (Phi) is 6.02. The van der Waals surface area contributed by atoms with Gasteiger partial charge in [0.15, 0.2) is 6.61 Å². The summed E-state index contributed by atoms with van der Waals surface area (Å²) in [5, 5.41) is 2.64. The molecule has 8 nitrogen and oxygen atoms in total. The molecule has 1 saturated heterocycles. The first-order valence-corrected chi connectivity index (χ1v) is 12.1. The molecular formula is C21H29N3O5S. The minimum absolute atomic E-state index is 0.0735. The van der Waals surface area contributed by atoms with E-state index in [-0.39, 0.29) is 29.2 Å². The summed E-state index contributed by atoms with van der Waals surface area (Å²) in [5.74, 6) is 0.175. The molecule has 2 fully saturated rings. The fourth-order valence-corrected chi connectivity index (χ4v) is 6.15. The van der Waals surface area contributed by atoms with Crippen molar-refractivity contribution in [3.8, 4) is 5.75 Å². The van der Waals surface area contributed by atoms with Gasteiger partial charge in [-0.3, -0.25) is 9.59 Å². The van der Waals surface area contributed by atoms with Crippen molar-refractivity contribution in [2.75, 3.05) is 32.1 Å². The standard InChI is InChI=1S/C21H29N3O5S/c1-23(16-5-3-2-4-6-16)21(26)15-9-11-24(12-10-15)30(27,28)17-7-8-19-18(13-17)22-20(25)14-29-19/h7-8,13,15-16H,2-6,9-12,14H2,1H3,(H,22,25). The molecule has 1 aromatic rings.